The summed E-state index contributed by atoms with van der Waals surface area (Å²) in [6.07, 6.45) is -7.49. The number of halogens is 2. The second-order valence-corrected chi connectivity index (χ2v) is 5.74. The van der Waals surface area contributed by atoms with Gasteiger partial charge in [-0.1, -0.05) is 6.92 Å². The molecule has 0 aromatic heterocycles. The van der Waals surface area contributed by atoms with Gasteiger partial charge >= 0.3 is 11.8 Å². The predicted octanol–water partition coefficient (Wildman–Crippen LogP) is -0.742. The highest BCUT2D eigenvalue weighted by Crippen LogP contribution is 2.39. The van der Waals surface area contributed by atoms with Crippen molar-refractivity contribution in [2.45, 2.75) is 57.2 Å². The lowest BCUT2D eigenvalue weighted by atomic mass is 9.82. The van der Waals surface area contributed by atoms with E-state index in [1.807, 2.05) is 0 Å². The van der Waals surface area contributed by atoms with Crippen LogP contribution in [-0.2, 0) is 14.3 Å². The van der Waals surface area contributed by atoms with Crippen molar-refractivity contribution < 1.29 is 38.4 Å². The van der Waals surface area contributed by atoms with E-state index in [-0.39, 0.29) is 12.4 Å². The summed E-state index contributed by atoms with van der Waals surface area (Å²) >= 11 is 0. The predicted molar refractivity (Wildman–Crippen MR) is 78.8 cm³/mol. The number of hydrogen-bond donors (Lipinski definition) is 5. The number of ether oxygens (including phenoxy) is 2. The molecule has 7 atom stereocenters. The molecule has 24 heavy (non-hydrogen) atoms. The first-order chi connectivity index (χ1) is 11.1. The second kappa shape index (κ2) is 8.15. The van der Waals surface area contributed by atoms with Crippen molar-refractivity contribution in [3.8, 4) is 0 Å². The number of aliphatic hydroxyl groups is 3. The summed E-state index contributed by atoms with van der Waals surface area (Å²) in [6.45, 7) is 3.04. The lowest BCUT2D eigenvalue weighted by Gasteiger charge is -2.46. The molecule has 5 unspecified atom stereocenters. The number of rotatable bonds is 6. The molecule has 0 bridgehead atoms. The highest BCUT2D eigenvalue weighted by Gasteiger charge is 2.62. The van der Waals surface area contributed by atoms with E-state index in [0.717, 1.165) is 0 Å². The summed E-state index contributed by atoms with van der Waals surface area (Å²) < 4.78 is 39.0. The molecule has 1 aliphatic rings. The number of alkyl halides is 2. The Labute approximate surface area is 138 Å². The van der Waals surface area contributed by atoms with Crippen LogP contribution in [0.25, 0.3) is 0 Å². The van der Waals surface area contributed by atoms with Crippen LogP contribution in [0.4, 0.5) is 8.78 Å². The van der Waals surface area contributed by atoms with Crippen molar-refractivity contribution in [2.24, 2.45) is 5.92 Å². The first kappa shape index (κ1) is 20.7. The van der Waals surface area contributed by atoms with Gasteiger partial charge < -0.3 is 30.1 Å². The van der Waals surface area contributed by atoms with Crippen LogP contribution in [-0.4, -0.2) is 76.7 Å². The molecule has 1 aliphatic heterocycles. The third kappa shape index (κ3) is 4.00. The van der Waals surface area contributed by atoms with Gasteiger partial charge in [-0.25, -0.2) is 9.18 Å². The van der Waals surface area contributed by atoms with Gasteiger partial charge in [0.05, 0.1) is 31.2 Å². The van der Waals surface area contributed by atoms with E-state index in [4.69, 9.17) is 15.3 Å². The van der Waals surface area contributed by atoms with Gasteiger partial charge in [-0.05, 0) is 13.8 Å². The molecule has 0 aromatic rings. The zero-order valence-electron chi connectivity index (χ0n) is 13.7. The third-order valence-corrected chi connectivity index (χ3v) is 3.92. The Kier molecular flexibility index (Phi) is 7.02. The molecule has 1 rings (SSSR count). The van der Waals surface area contributed by atoms with Gasteiger partial charge in [0, 0.05) is 5.92 Å². The standard InChI is InChI=1S/C14H24F2N2O6/c1-4-23-13(22)14(16)12(15)9(18-7(3)17)6(2)11(24-14)10(21)8(20)5-19/h6,8-12,19-21H,4-5H2,1-3H3,(H2,17,18)/t6?,8-,9?,10-,11?,12?,14?/m1/s1. The minimum absolute atomic E-state index is 0.182. The molecule has 8 nitrogen and oxygen atoms in total. The number of nitrogens with one attached hydrogen (secondary N) is 2. The fraction of sp³-hybridized carbons (Fsp3) is 0.857. The van der Waals surface area contributed by atoms with Crippen molar-refractivity contribution >= 4 is 11.8 Å². The largest absolute Gasteiger partial charge is 0.462 e. The normalized spacial score (nSPS) is 35.8. The highest BCUT2D eigenvalue weighted by atomic mass is 19.2. The Morgan fingerprint density at radius 3 is 2.54 bits per heavy atom. The molecule has 10 heteroatoms. The zero-order chi connectivity index (χ0) is 18.7. The van der Waals surface area contributed by atoms with Gasteiger partial charge in [0.15, 0.2) is 6.17 Å². The Hall–Kier alpha value is -1.36. The molecule has 0 amide bonds. The molecule has 0 aromatic carbocycles. The molecule has 0 spiro atoms. The zero-order valence-corrected chi connectivity index (χ0v) is 13.7. The van der Waals surface area contributed by atoms with Crippen LogP contribution in [0.15, 0.2) is 0 Å². The van der Waals surface area contributed by atoms with E-state index >= 15 is 0 Å². The number of carbonyl (C=O) groups excluding carboxylic acids is 1. The third-order valence-electron chi connectivity index (χ3n) is 3.92. The molecule has 5 N–H and O–H groups in total. The van der Waals surface area contributed by atoms with E-state index < -0.39 is 54.9 Å². The summed E-state index contributed by atoms with van der Waals surface area (Å²) in [4.78, 5) is 11.8. The summed E-state index contributed by atoms with van der Waals surface area (Å²) in [5.41, 5.74) is 0. The van der Waals surface area contributed by atoms with E-state index in [2.05, 4.69) is 10.1 Å². The molecule has 1 fully saturated rings. The average Bonchev–Trinajstić information content (AvgIpc) is 2.53. The maximum Gasteiger partial charge on any atom is 0.375 e. The van der Waals surface area contributed by atoms with Crippen LogP contribution in [0, 0.1) is 11.3 Å². The quantitative estimate of drug-likeness (QED) is 0.241. The lowest BCUT2D eigenvalue weighted by molar-refractivity contribution is -0.286. The fourth-order valence-corrected chi connectivity index (χ4v) is 2.62. The molecule has 140 valence electrons. The second-order valence-electron chi connectivity index (χ2n) is 5.74. The first-order valence-corrected chi connectivity index (χ1v) is 7.56. The van der Waals surface area contributed by atoms with E-state index in [9.17, 15) is 23.8 Å². The molecular weight excluding hydrogens is 330 g/mol. The first-order valence-electron chi connectivity index (χ1n) is 7.56. The van der Waals surface area contributed by atoms with E-state index in [0.29, 0.717) is 0 Å². The summed E-state index contributed by atoms with van der Waals surface area (Å²) in [6, 6.07) is -1.39. The number of amidine groups is 1. The van der Waals surface area contributed by atoms with Gasteiger partial charge in [0.1, 0.15) is 12.2 Å². The minimum Gasteiger partial charge on any atom is -0.462 e. The highest BCUT2D eigenvalue weighted by molar-refractivity contribution is 5.80. The van der Waals surface area contributed by atoms with Crippen LogP contribution in [0.3, 0.4) is 0 Å². The molecule has 0 radical (unpaired) electrons. The summed E-state index contributed by atoms with van der Waals surface area (Å²) in [5, 5.41) is 38.4. The Bertz CT molecular complexity index is 469. The molecule has 1 saturated heterocycles. The van der Waals surface area contributed by atoms with Crippen molar-refractivity contribution in [1.29, 1.82) is 5.41 Å². The minimum atomic E-state index is -3.52. The average molecular weight is 354 g/mol. The maximum absolute atomic E-state index is 15.0. The van der Waals surface area contributed by atoms with Gasteiger partial charge in [-0.15, -0.1) is 0 Å². The van der Waals surface area contributed by atoms with Crippen LogP contribution < -0.4 is 5.32 Å². The molecule has 0 saturated carbocycles. The van der Waals surface area contributed by atoms with Crippen LogP contribution in [0.5, 0.6) is 0 Å². The Morgan fingerprint density at radius 2 is 2.08 bits per heavy atom. The SMILES string of the molecule is CCOC(=O)C1(F)OC([C@H](O)[C@H](O)CO)C(C)C(NC(C)=N)C1F. The Morgan fingerprint density at radius 1 is 1.50 bits per heavy atom. The smallest absolute Gasteiger partial charge is 0.375 e. The molecular formula is C14H24F2N2O6. The number of esters is 1. The topological polar surface area (TPSA) is 132 Å². The van der Waals surface area contributed by atoms with Gasteiger partial charge in [-0.2, -0.15) is 4.39 Å². The number of carbonyl (C=O) groups is 1. The van der Waals surface area contributed by atoms with Crippen molar-refractivity contribution in [2.75, 3.05) is 13.2 Å². The Balaban J connectivity index is 3.22. The van der Waals surface area contributed by atoms with Crippen LogP contribution in [0.2, 0.25) is 0 Å². The van der Waals surface area contributed by atoms with Crippen molar-refractivity contribution in [1.82, 2.24) is 5.32 Å². The number of hydrogen-bond acceptors (Lipinski definition) is 7. The lowest BCUT2D eigenvalue weighted by Crippen LogP contribution is -2.68. The summed E-state index contributed by atoms with van der Waals surface area (Å²) in [7, 11) is 0. The maximum atomic E-state index is 15.0. The van der Waals surface area contributed by atoms with Crippen LogP contribution >= 0.6 is 0 Å². The van der Waals surface area contributed by atoms with Crippen molar-refractivity contribution in [3.05, 3.63) is 0 Å². The van der Waals surface area contributed by atoms with E-state index in [1.54, 1.807) is 0 Å². The monoisotopic (exact) mass is 354 g/mol. The van der Waals surface area contributed by atoms with Gasteiger partial charge in [-0.3, -0.25) is 5.41 Å². The van der Waals surface area contributed by atoms with Crippen LogP contribution in [0.1, 0.15) is 20.8 Å². The summed E-state index contributed by atoms with van der Waals surface area (Å²) in [5.74, 6) is -6.24. The van der Waals surface area contributed by atoms with Gasteiger partial charge in [0.25, 0.3) is 0 Å². The van der Waals surface area contributed by atoms with Gasteiger partial charge in [0.2, 0.25) is 0 Å². The van der Waals surface area contributed by atoms with Crippen molar-refractivity contribution in [3.63, 3.8) is 0 Å². The molecule has 1 heterocycles. The van der Waals surface area contributed by atoms with E-state index in [1.165, 1.54) is 20.8 Å². The molecule has 0 aliphatic carbocycles. The number of aliphatic hydroxyl groups excluding tert-OH is 3. The fourth-order valence-electron chi connectivity index (χ4n) is 2.62.